The van der Waals surface area contributed by atoms with Gasteiger partial charge in [0.2, 0.25) is 6.04 Å². The second-order valence-electron chi connectivity index (χ2n) is 3.05. The average molecular weight is 159 g/mol. The lowest BCUT2D eigenvalue weighted by molar-refractivity contribution is -0.520. The molecule has 3 heteroatoms. The average Bonchev–Trinajstić information content (AvgIpc) is 1.99. The van der Waals surface area contributed by atoms with Crippen molar-refractivity contribution in [1.82, 2.24) is 0 Å². The van der Waals surface area contributed by atoms with Gasteiger partial charge in [-0.05, 0) is 5.92 Å². The summed E-state index contributed by atoms with van der Waals surface area (Å²) in [7, 11) is 0. The van der Waals surface area contributed by atoms with Crippen molar-refractivity contribution >= 4 is 0 Å². The Morgan fingerprint density at radius 1 is 1.36 bits per heavy atom. The van der Waals surface area contributed by atoms with Crippen molar-refractivity contribution in [1.29, 1.82) is 0 Å². The van der Waals surface area contributed by atoms with Crippen LogP contribution in [0.15, 0.2) is 0 Å². The zero-order valence-electron chi connectivity index (χ0n) is 7.54. The van der Waals surface area contributed by atoms with Crippen LogP contribution in [-0.4, -0.2) is 11.0 Å². The Hall–Kier alpha value is -0.600. The predicted octanol–water partition coefficient (Wildman–Crippen LogP) is 2.48. The molecule has 66 valence electrons. The first-order valence-corrected chi connectivity index (χ1v) is 4.25. The summed E-state index contributed by atoms with van der Waals surface area (Å²) < 4.78 is 0. The van der Waals surface area contributed by atoms with E-state index in [1.165, 1.54) is 0 Å². The molecule has 0 aliphatic rings. The fourth-order valence-corrected chi connectivity index (χ4v) is 1.19. The number of hydrogen-bond acceptors (Lipinski definition) is 2. The molecule has 0 saturated heterocycles. The van der Waals surface area contributed by atoms with Gasteiger partial charge in [0.15, 0.2) is 0 Å². The second-order valence-corrected chi connectivity index (χ2v) is 3.05. The fraction of sp³-hybridized carbons (Fsp3) is 1.00. The zero-order valence-corrected chi connectivity index (χ0v) is 7.54. The topological polar surface area (TPSA) is 43.1 Å². The Kier molecular flexibility index (Phi) is 4.83. The van der Waals surface area contributed by atoms with Crippen molar-refractivity contribution in [2.24, 2.45) is 5.92 Å². The van der Waals surface area contributed by atoms with Gasteiger partial charge in [-0.25, -0.2) is 0 Å². The third-order valence-electron chi connectivity index (χ3n) is 2.19. The Morgan fingerprint density at radius 2 is 1.82 bits per heavy atom. The number of hydrogen-bond donors (Lipinski definition) is 0. The molecule has 1 unspecified atom stereocenters. The highest BCUT2D eigenvalue weighted by Gasteiger charge is 2.17. The van der Waals surface area contributed by atoms with Crippen molar-refractivity contribution in [2.75, 3.05) is 0 Å². The molecule has 0 spiro atoms. The summed E-state index contributed by atoms with van der Waals surface area (Å²) in [6.07, 6.45) is 2.82. The van der Waals surface area contributed by atoms with Gasteiger partial charge in [-0.15, -0.1) is 0 Å². The fourth-order valence-electron chi connectivity index (χ4n) is 1.19. The van der Waals surface area contributed by atoms with Gasteiger partial charge in [0.05, 0.1) is 0 Å². The Morgan fingerprint density at radius 3 is 2.09 bits per heavy atom. The first-order chi connectivity index (χ1) is 5.11. The van der Waals surface area contributed by atoms with E-state index in [0.29, 0.717) is 5.92 Å². The quantitative estimate of drug-likeness (QED) is 0.457. The van der Waals surface area contributed by atoms with Gasteiger partial charge < -0.3 is 0 Å². The van der Waals surface area contributed by atoms with Crippen molar-refractivity contribution in [2.45, 2.75) is 46.1 Å². The van der Waals surface area contributed by atoms with E-state index in [0.717, 1.165) is 19.3 Å². The zero-order chi connectivity index (χ0) is 8.85. The van der Waals surface area contributed by atoms with Gasteiger partial charge in [0.1, 0.15) is 0 Å². The van der Waals surface area contributed by atoms with E-state index < -0.39 is 0 Å². The first kappa shape index (κ1) is 10.4. The summed E-state index contributed by atoms with van der Waals surface area (Å²) in [5, 5.41) is 10.3. The summed E-state index contributed by atoms with van der Waals surface area (Å²) in [6.45, 7) is 5.85. The molecule has 0 radical (unpaired) electrons. The standard InChI is InChI=1S/C8H17NO2/c1-4-8(5-2)6-7(3)9(10)11/h7-8H,4-6H2,1-3H3. The minimum absolute atomic E-state index is 0.196. The van der Waals surface area contributed by atoms with E-state index in [2.05, 4.69) is 13.8 Å². The lowest BCUT2D eigenvalue weighted by atomic mass is 9.96. The summed E-state index contributed by atoms with van der Waals surface area (Å²) in [5.74, 6) is 0.524. The third-order valence-corrected chi connectivity index (χ3v) is 2.19. The summed E-state index contributed by atoms with van der Waals surface area (Å²) >= 11 is 0. The molecule has 0 heterocycles. The Balaban J connectivity index is 3.71. The summed E-state index contributed by atoms with van der Waals surface area (Å²) in [5.41, 5.74) is 0. The Labute approximate surface area is 67.9 Å². The van der Waals surface area contributed by atoms with Crippen LogP contribution in [0.25, 0.3) is 0 Å². The lowest BCUT2D eigenvalue weighted by Crippen LogP contribution is -2.18. The SMILES string of the molecule is CCC(CC)CC(C)[N+](=O)[O-]. The third kappa shape index (κ3) is 3.96. The molecule has 3 nitrogen and oxygen atoms in total. The maximum absolute atomic E-state index is 10.3. The van der Waals surface area contributed by atoms with Crippen LogP contribution in [0.2, 0.25) is 0 Å². The van der Waals surface area contributed by atoms with Gasteiger partial charge in [0, 0.05) is 18.3 Å². The first-order valence-electron chi connectivity index (χ1n) is 4.25. The van der Waals surface area contributed by atoms with Crippen LogP contribution in [0, 0.1) is 16.0 Å². The highest BCUT2D eigenvalue weighted by atomic mass is 16.6. The summed E-state index contributed by atoms with van der Waals surface area (Å²) in [4.78, 5) is 10.1. The van der Waals surface area contributed by atoms with Gasteiger partial charge in [-0.2, -0.15) is 0 Å². The number of nitro groups is 1. The van der Waals surface area contributed by atoms with E-state index in [-0.39, 0.29) is 11.0 Å². The van der Waals surface area contributed by atoms with E-state index in [9.17, 15) is 10.1 Å². The van der Waals surface area contributed by atoms with Crippen molar-refractivity contribution in [3.05, 3.63) is 10.1 Å². The minimum Gasteiger partial charge on any atom is -0.264 e. The molecular formula is C8H17NO2. The van der Waals surface area contributed by atoms with E-state index in [1.807, 2.05) is 0 Å². The molecule has 0 bridgehead atoms. The molecule has 11 heavy (non-hydrogen) atoms. The van der Waals surface area contributed by atoms with Crippen LogP contribution in [0.3, 0.4) is 0 Å². The van der Waals surface area contributed by atoms with E-state index in [1.54, 1.807) is 6.92 Å². The maximum Gasteiger partial charge on any atom is 0.210 e. The highest BCUT2D eigenvalue weighted by molar-refractivity contribution is 4.59. The molecular weight excluding hydrogens is 142 g/mol. The molecule has 0 aliphatic heterocycles. The predicted molar refractivity (Wildman–Crippen MR) is 45.1 cm³/mol. The normalized spacial score (nSPS) is 13.5. The highest BCUT2D eigenvalue weighted by Crippen LogP contribution is 2.15. The lowest BCUT2D eigenvalue weighted by Gasteiger charge is -2.12. The van der Waals surface area contributed by atoms with E-state index in [4.69, 9.17) is 0 Å². The van der Waals surface area contributed by atoms with Gasteiger partial charge in [-0.1, -0.05) is 26.7 Å². The molecule has 0 rings (SSSR count). The largest absolute Gasteiger partial charge is 0.264 e. The molecule has 0 saturated carbocycles. The second kappa shape index (κ2) is 5.10. The van der Waals surface area contributed by atoms with Crippen LogP contribution in [-0.2, 0) is 0 Å². The van der Waals surface area contributed by atoms with Crippen molar-refractivity contribution in [3.63, 3.8) is 0 Å². The van der Waals surface area contributed by atoms with Crippen molar-refractivity contribution < 1.29 is 4.92 Å². The van der Waals surface area contributed by atoms with Crippen LogP contribution >= 0.6 is 0 Å². The molecule has 0 aliphatic carbocycles. The van der Waals surface area contributed by atoms with E-state index >= 15 is 0 Å². The number of nitrogens with zero attached hydrogens (tertiary/aromatic N) is 1. The molecule has 0 fully saturated rings. The molecule has 0 aromatic carbocycles. The maximum atomic E-state index is 10.3. The van der Waals surface area contributed by atoms with Gasteiger partial charge in [-0.3, -0.25) is 10.1 Å². The molecule has 0 aromatic heterocycles. The van der Waals surface area contributed by atoms with Crippen molar-refractivity contribution in [3.8, 4) is 0 Å². The summed E-state index contributed by atoms with van der Waals surface area (Å²) in [6, 6.07) is -0.375. The Bertz CT molecular complexity index is 121. The molecule has 0 amide bonds. The van der Waals surface area contributed by atoms with Crippen LogP contribution in [0.1, 0.15) is 40.0 Å². The molecule has 1 atom stereocenters. The van der Waals surface area contributed by atoms with Crippen LogP contribution in [0.5, 0.6) is 0 Å². The molecule has 0 aromatic rings. The minimum atomic E-state index is -0.375. The van der Waals surface area contributed by atoms with Crippen LogP contribution < -0.4 is 0 Å². The smallest absolute Gasteiger partial charge is 0.210 e. The monoisotopic (exact) mass is 159 g/mol. The van der Waals surface area contributed by atoms with Crippen LogP contribution in [0.4, 0.5) is 0 Å². The number of rotatable bonds is 5. The van der Waals surface area contributed by atoms with Gasteiger partial charge >= 0.3 is 0 Å². The van der Waals surface area contributed by atoms with Gasteiger partial charge in [0.25, 0.3) is 0 Å². The molecule has 0 N–H and O–H groups in total.